The first kappa shape index (κ1) is 12.8. The molecule has 4 nitrogen and oxygen atoms in total. The van der Waals surface area contributed by atoms with Gasteiger partial charge in [0, 0.05) is 30.3 Å². The summed E-state index contributed by atoms with van der Waals surface area (Å²) in [4.78, 5) is 3.96. The third-order valence-corrected chi connectivity index (χ3v) is 2.25. The number of benzene rings is 1. The highest BCUT2D eigenvalue weighted by Crippen LogP contribution is 2.28. The number of hydrogen-bond donors (Lipinski definition) is 2. The maximum atomic E-state index is 9.70. The molecule has 90 valence electrons. The van der Waals surface area contributed by atoms with Gasteiger partial charge in [-0.15, -0.1) is 0 Å². The second-order valence-electron chi connectivity index (χ2n) is 4.59. The van der Waals surface area contributed by atoms with E-state index in [9.17, 15) is 10.2 Å². The zero-order valence-electron chi connectivity index (χ0n) is 10.4. The van der Waals surface area contributed by atoms with Crippen LogP contribution < -0.4 is 0 Å². The van der Waals surface area contributed by atoms with Crippen molar-refractivity contribution in [2.45, 2.75) is 13.1 Å². The molecule has 4 heteroatoms. The van der Waals surface area contributed by atoms with Crippen LogP contribution in [-0.2, 0) is 13.1 Å². The zero-order valence-corrected chi connectivity index (χ0v) is 10.4. The monoisotopic (exact) mass is 224 g/mol. The predicted octanol–water partition coefficient (Wildman–Crippen LogP) is 1.22. The molecule has 0 amide bonds. The fraction of sp³-hybridized carbons (Fsp3) is 0.500. The van der Waals surface area contributed by atoms with Gasteiger partial charge in [-0.2, -0.15) is 0 Å². The normalized spacial score (nSPS) is 11.4. The van der Waals surface area contributed by atoms with Crippen LogP contribution in [0.25, 0.3) is 0 Å². The average Bonchev–Trinajstić information content (AvgIpc) is 2.11. The van der Waals surface area contributed by atoms with Crippen LogP contribution in [0.3, 0.4) is 0 Å². The molecule has 0 fully saturated rings. The van der Waals surface area contributed by atoms with Crippen LogP contribution in [0.2, 0.25) is 0 Å². The van der Waals surface area contributed by atoms with Crippen molar-refractivity contribution in [3.8, 4) is 11.5 Å². The molecule has 0 saturated heterocycles. The zero-order chi connectivity index (χ0) is 12.3. The Balaban J connectivity index is 3.01. The van der Waals surface area contributed by atoms with E-state index in [2.05, 4.69) is 0 Å². The standard InChI is InChI=1S/C12H20N2O2/c1-13(2)7-9-5-10(8-14(3)4)12(16)6-11(9)15/h5-6,15-16H,7-8H2,1-4H3. The van der Waals surface area contributed by atoms with E-state index >= 15 is 0 Å². The molecule has 0 aliphatic carbocycles. The quantitative estimate of drug-likeness (QED) is 0.807. The second-order valence-corrected chi connectivity index (χ2v) is 4.59. The molecule has 0 atom stereocenters. The van der Waals surface area contributed by atoms with E-state index in [1.165, 1.54) is 6.07 Å². The molecule has 0 aliphatic heterocycles. The van der Waals surface area contributed by atoms with E-state index in [0.29, 0.717) is 13.1 Å². The highest BCUT2D eigenvalue weighted by molar-refractivity contribution is 5.45. The summed E-state index contributed by atoms with van der Waals surface area (Å²) >= 11 is 0. The maximum absolute atomic E-state index is 9.70. The van der Waals surface area contributed by atoms with E-state index in [-0.39, 0.29) is 11.5 Å². The molecule has 1 rings (SSSR count). The number of hydrogen-bond acceptors (Lipinski definition) is 4. The molecule has 0 unspecified atom stereocenters. The van der Waals surface area contributed by atoms with Gasteiger partial charge in [-0.1, -0.05) is 0 Å². The van der Waals surface area contributed by atoms with Crippen LogP contribution in [0.5, 0.6) is 11.5 Å². The van der Waals surface area contributed by atoms with Gasteiger partial charge < -0.3 is 20.0 Å². The number of nitrogens with zero attached hydrogens (tertiary/aromatic N) is 2. The third kappa shape index (κ3) is 3.40. The Morgan fingerprint density at radius 3 is 1.50 bits per heavy atom. The van der Waals surface area contributed by atoms with Gasteiger partial charge in [0.15, 0.2) is 0 Å². The van der Waals surface area contributed by atoms with Gasteiger partial charge >= 0.3 is 0 Å². The maximum Gasteiger partial charge on any atom is 0.123 e. The number of aromatic hydroxyl groups is 2. The number of rotatable bonds is 4. The molecule has 0 spiro atoms. The van der Waals surface area contributed by atoms with Gasteiger partial charge in [0.1, 0.15) is 11.5 Å². The predicted molar refractivity (Wildman–Crippen MR) is 64.6 cm³/mol. The minimum atomic E-state index is 0.147. The second kappa shape index (κ2) is 5.18. The van der Waals surface area contributed by atoms with Gasteiger partial charge in [0.25, 0.3) is 0 Å². The summed E-state index contributed by atoms with van der Waals surface area (Å²) in [6.45, 7) is 1.32. The summed E-state index contributed by atoms with van der Waals surface area (Å²) in [7, 11) is 7.77. The molecule has 0 saturated carbocycles. The van der Waals surface area contributed by atoms with Crippen molar-refractivity contribution in [1.82, 2.24) is 9.80 Å². The molecule has 0 aromatic heterocycles. The Morgan fingerprint density at radius 2 is 1.19 bits per heavy atom. The molecule has 0 radical (unpaired) electrons. The van der Waals surface area contributed by atoms with Crippen molar-refractivity contribution in [2.75, 3.05) is 28.2 Å². The van der Waals surface area contributed by atoms with E-state index in [1.54, 1.807) is 0 Å². The first-order chi connectivity index (χ1) is 7.40. The van der Waals surface area contributed by atoms with Gasteiger partial charge in [-0.3, -0.25) is 0 Å². The Hall–Kier alpha value is -1.26. The fourth-order valence-corrected chi connectivity index (χ4v) is 1.61. The highest BCUT2D eigenvalue weighted by atomic mass is 16.3. The van der Waals surface area contributed by atoms with Gasteiger partial charge in [0.05, 0.1) is 0 Å². The molecule has 2 N–H and O–H groups in total. The van der Waals surface area contributed by atoms with Gasteiger partial charge in [-0.05, 0) is 34.3 Å². The van der Waals surface area contributed by atoms with Crippen LogP contribution >= 0.6 is 0 Å². The van der Waals surface area contributed by atoms with Crippen molar-refractivity contribution in [3.05, 3.63) is 23.3 Å². The minimum absolute atomic E-state index is 0.147. The molecular formula is C12H20N2O2. The molecule has 0 heterocycles. The van der Waals surface area contributed by atoms with Crippen LogP contribution in [0.15, 0.2) is 12.1 Å². The Bertz CT molecular complexity index is 331. The highest BCUT2D eigenvalue weighted by Gasteiger charge is 2.09. The smallest absolute Gasteiger partial charge is 0.123 e. The van der Waals surface area contributed by atoms with E-state index in [4.69, 9.17) is 0 Å². The van der Waals surface area contributed by atoms with Crippen LogP contribution in [-0.4, -0.2) is 48.2 Å². The summed E-state index contributed by atoms with van der Waals surface area (Å²) in [6.07, 6.45) is 0. The summed E-state index contributed by atoms with van der Waals surface area (Å²) in [5, 5.41) is 19.4. The SMILES string of the molecule is CN(C)Cc1cc(CN(C)C)c(O)cc1O. The first-order valence-electron chi connectivity index (χ1n) is 5.23. The number of phenolic OH excluding ortho intramolecular Hbond substituents is 2. The molecule has 0 bridgehead atoms. The molecule has 0 aliphatic rings. The Kier molecular flexibility index (Phi) is 4.15. The van der Waals surface area contributed by atoms with E-state index in [1.807, 2.05) is 44.1 Å². The lowest BCUT2D eigenvalue weighted by atomic mass is 10.1. The van der Waals surface area contributed by atoms with Crippen molar-refractivity contribution < 1.29 is 10.2 Å². The first-order valence-corrected chi connectivity index (χ1v) is 5.23. The lowest BCUT2D eigenvalue weighted by molar-refractivity contribution is 0.371. The fourth-order valence-electron chi connectivity index (χ4n) is 1.61. The van der Waals surface area contributed by atoms with Crippen molar-refractivity contribution in [3.63, 3.8) is 0 Å². The van der Waals surface area contributed by atoms with E-state index < -0.39 is 0 Å². The topological polar surface area (TPSA) is 46.9 Å². The summed E-state index contributed by atoms with van der Waals surface area (Å²) in [5.74, 6) is 0.294. The van der Waals surface area contributed by atoms with Crippen molar-refractivity contribution in [2.24, 2.45) is 0 Å². The van der Waals surface area contributed by atoms with Crippen LogP contribution in [0.1, 0.15) is 11.1 Å². The van der Waals surface area contributed by atoms with Crippen molar-refractivity contribution >= 4 is 0 Å². The average molecular weight is 224 g/mol. The summed E-state index contributed by atoms with van der Waals surface area (Å²) in [6, 6.07) is 3.27. The van der Waals surface area contributed by atoms with E-state index in [0.717, 1.165) is 11.1 Å². The summed E-state index contributed by atoms with van der Waals surface area (Å²) < 4.78 is 0. The Morgan fingerprint density at radius 1 is 0.812 bits per heavy atom. The lowest BCUT2D eigenvalue weighted by Crippen LogP contribution is -2.13. The largest absolute Gasteiger partial charge is 0.507 e. The van der Waals surface area contributed by atoms with Crippen LogP contribution in [0, 0.1) is 0 Å². The molecule has 1 aromatic carbocycles. The minimum Gasteiger partial charge on any atom is -0.507 e. The molecule has 16 heavy (non-hydrogen) atoms. The van der Waals surface area contributed by atoms with Gasteiger partial charge in [0.2, 0.25) is 0 Å². The third-order valence-electron chi connectivity index (χ3n) is 2.25. The molecule has 1 aromatic rings. The number of phenols is 2. The summed E-state index contributed by atoms with van der Waals surface area (Å²) in [5.41, 5.74) is 1.67. The molecular weight excluding hydrogens is 204 g/mol. The van der Waals surface area contributed by atoms with Gasteiger partial charge in [-0.25, -0.2) is 0 Å². The van der Waals surface area contributed by atoms with Crippen molar-refractivity contribution in [1.29, 1.82) is 0 Å². The lowest BCUT2D eigenvalue weighted by Gasteiger charge is -2.16. The van der Waals surface area contributed by atoms with Crippen LogP contribution in [0.4, 0.5) is 0 Å². The Labute approximate surface area is 96.7 Å².